The maximum atomic E-state index is 13.1. The molecule has 0 saturated carbocycles. The zero-order chi connectivity index (χ0) is 17.9. The van der Waals surface area contributed by atoms with Gasteiger partial charge in [-0.1, -0.05) is 30.3 Å². The molecule has 1 atom stereocenters. The molecule has 0 radical (unpaired) electrons. The van der Waals surface area contributed by atoms with Crippen LogP contribution in [-0.4, -0.2) is 40.5 Å². The lowest BCUT2D eigenvalue weighted by molar-refractivity contribution is -0.0226. The van der Waals surface area contributed by atoms with Gasteiger partial charge in [0.1, 0.15) is 16.0 Å². The Morgan fingerprint density at radius 2 is 1.96 bits per heavy atom. The van der Waals surface area contributed by atoms with E-state index in [2.05, 4.69) is 9.97 Å². The first-order valence-corrected chi connectivity index (χ1v) is 9.37. The molecule has 1 aliphatic heterocycles. The predicted octanol–water partition coefficient (Wildman–Crippen LogP) is 3.73. The summed E-state index contributed by atoms with van der Waals surface area (Å²) >= 11 is 1.44. The lowest BCUT2D eigenvalue weighted by Crippen LogP contribution is -2.42. The van der Waals surface area contributed by atoms with Gasteiger partial charge in [0.25, 0.3) is 5.91 Å². The van der Waals surface area contributed by atoms with E-state index in [0.29, 0.717) is 24.6 Å². The fraction of sp³-hybridized carbons (Fsp3) is 0.250. The Kier molecular flexibility index (Phi) is 4.77. The quantitative estimate of drug-likeness (QED) is 0.710. The highest BCUT2D eigenvalue weighted by Gasteiger charge is 2.28. The van der Waals surface area contributed by atoms with Crippen molar-refractivity contribution in [2.45, 2.75) is 13.0 Å². The first kappa shape index (κ1) is 16.9. The number of ether oxygens (including phenoxy) is 1. The van der Waals surface area contributed by atoms with Crippen molar-refractivity contribution >= 4 is 17.2 Å². The molecule has 132 valence electrons. The largest absolute Gasteiger partial charge is 0.370 e. The van der Waals surface area contributed by atoms with Crippen LogP contribution in [0.15, 0.2) is 54.9 Å². The highest BCUT2D eigenvalue weighted by atomic mass is 32.1. The van der Waals surface area contributed by atoms with E-state index in [-0.39, 0.29) is 12.0 Å². The van der Waals surface area contributed by atoms with Crippen LogP contribution in [0.4, 0.5) is 0 Å². The molecule has 1 aliphatic rings. The molecule has 1 aromatic carbocycles. The topological polar surface area (TPSA) is 55.3 Å². The standard InChI is InChI=1S/C20H19N3O2S/c1-14-18(26-19(22-14)16-7-9-21-10-8-16)20(24)23-11-12-25-17(13-23)15-5-3-2-4-6-15/h2-10,17H,11-13H2,1H3/t17-/m1/s1. The zero-order valence-electron chi connectivity index (χ0n) is 14.5. The van der Waals surface area contributed by atoms with Crippen molar-refractivity contribution in [3.8, 4) is 10.6 Å². The van der Waals surface area contributed by atoms with Crippen molar-refractivity contribution in [2.24, 2.45) is 0 Å². The third kappa shape index (κ3) is 3.38. The number of hydrogen-bond donors (Lipinski definition) is 0. The average molecular weight is 365 g/mol. The Bertz CT molecular complexity index is 896. The molecule has 3 aromatic rings. The van der Waals surface area contributed by atoms with Crippen LogP contribution in [0.25, 0.3) is 10.6 Å². The van der Waals surface area contributed by atoms with Gasteiger partial charge < -0.3 is 9.64 Å². The van der Waals surface area contributed by atoms with E-state index >= 15 is 0 Å². The minimum Gasteiger partial charge on any atom is -0.370 e. The molecule has 6 heteroatoms. The van der Waals surface area contributed by atoms with Crippen LogP contribution in [0.1, 0.15) is 27.0 Å². The second-order valence-electron chi connectivity index (χ2n) is 6.19. The number of aromatic nitrogens is 2. The molecule has 0 bridgehead atoms. The molecule has 1 amide bonds. The minimum absolute atomic E-state index is 0.0320. The summed E-state index contributed by atoms with van der Waals surface area (Å²) in [6.45, 7) is 3.60. The number of amides is 1. The van der Waals surface area contributed by atoms with Crippen LogP contribution < -0.4 is 0 Å². The molecular formula is C20H19N3O2S. The van der Waals surface area contributed by atoms with Gasteiger partial charge in [0.05, 0.1) is 18.8 Å². The summed E-state index contributed by atoms with van der Waals surface area (Å²) in [5, 5.41) is 0.848. The molecule has 2 aromatic heterocycles. The Morgan fingerprint density at radius 1 is 1.19 bits per heavy atom. The van der Waals surface area contributed by atoms with Gasteiger partial charge in [0, 0.05) is 24.5 Å². The Morgan fingerprint density at radius 3 is 2.73 bits per heavy atom. The van der Waals surface area contributed by atoms with Crippen molar-refractivity contribution < 1.29 is 9.53 Å². The minimum atomic E-state index is -0.0817. The van der Waals surface area contributed by atoms with Crippen molar-refractivity contribution in [1.29, 1.82) is 0 Å². The van der Waals surface area contributed by atoms with Gasteiger partial charge in [-0.3, -0.25) is 9.78 Å². The summed E-state index contributed by atoms with van der Waals surface area (Å²) in [4.78, 5) is 24.3. The zero-order valence-corrected chi connectivity index (χ0v) is 15.3. The van der Waals surface area contributed by atoms with E-state index in [4.69, 9.17) is 4.74 Å². The van der Waals surface area contributed by atoms with Gasteiger partial charge in [0.2, 0.25) is 0 Å². The molecule has 4 rings (SSSR count). The highest BCUT2D eigenvalue weighted by molar-refractivity contribution is 7.17. The van der Waals surface area contributed by atoms with E-state index in [9.17, 15) is 4.79 Å². The third-order valence-corrected chi connectivity index (χ3v) is 5.64. The molecule has 26 heavy (non-hydrogen) atoms. The number of morpholine rings is 1. The summed E-state index contributed by atoms with van der Waals surface area (Å²) < 4.78 is 5.87. The molecule has 0 unspecified atom stereocenters. The molecule has 0 N–H and O–H groups in total. The summed E-state index contributed by atoms with van der Waals surface area (Å²) in [6, 6.07) is 13.9. The Labute approximate surface area is 156 Å². The molecule has 1 saturated heterocycles. The maximum Gasteiger partial charge on any atom is 0.266 e. The second kappa shape index (κ2) is 7.35. The fourth-order valence-electron chi connectivity index (χ4n) is 3.06. The van der Waals surface area contributed by atoms with E-state index in [1.165, 1.54) is 11.3 Å². The smallest absolute Gasteiger partial charge is 0.266 e. The fourth-order valence-corrected chi connectivity index (χ4v) is 4.10. The number of benzene rings is 1. The van der Waals surface area contributed by atoms with Crippen molar-refractivity contribution in [3.05, 3.63) is 71.0 Å². The molecule has 5 nitrogen and oxygen atoms in total. The molecule has 1 fully saturated rings. The number of thiazole rings is 1. The summed E-state index contributed by atoms with van der Waals surface area (Å²) in [5.74, 6) is 0.0320. The number of pyridine rings is 1. The molecular weight excluding hydrogens is 346 g/mol. The van der Waals surface area contributed by atoms with Crippen LogP contribution in [0.5, 0.6) is 0 Å². The maximum absolute atomic E-state index is 13.1. The monoisotopic (exact) mass is 365 g/mol. The van der Waals surface area contributed by atoms with E-state index in [1.807, 2.05) is 54.3 Å². The molecule has 0 spiro atoms. The van der Waals surface area contributed by atoms with Crippen LogP contribution in [0.2, 0.25) is 0 Å². The molecule has 0 aliphatic carbocycles. The van der Waals surface area contributed by atoms with Crippen molar-refractivity contribution in [1.82, 2.24) is 14.9 Å². The summed E-state index contributed by atoms with van der Waals surface area (Å²) in [6.07, 6.45) is 3.39. The van der Waals surface area contributed by atoms with Gasteiger partial charge in [-0.25, -0.2) is 4.98 Å². The number of nitrogens with zero attached hydrogens (tertiary/aromatic N) is 3. The van der Waals surface area contributed by atoms with Crippen LogP contribution >= 0.6 is 11.3 Å². The van der Waals surface area contributed by atoms with Crippen molar-refractivity contribution in [2.75, 3.05) is 19.7 Å². The first-order chi connectivity index (χ1) is 12.7. The Hall–Kier alpha value is -2.57. The number of carbonyl (C=O) groups excluding carboxylic acids is 1. The summed E-state index contributed by atoms with van der Waals surface area (Å²) in [7, 11) is 0. The number of aryl methyl sites for hydroxylation is 1. The van der Waals surface area contributed by atoms with E-state index < -0.39 is 0 Å². The lowest BCUT2D eigenvalue weighted by Gasteiger charge is -2.33. The number of carbonyl (C=O) groups is 1. The van der Waals surface area contributed by atoms with Crippen LogP contribution in [-0.2, 0) is 4.74 Å². The Balaban J connectivity index is 1.55. The van der Waals surface area contributed by atoms with Crippen molar-refractivity contribution in [3.63, 3.8) is 0 Å². The van der Waals surface area contributed by atoms with Gasteiger partial charge >= 0.3 is 0 Å². The normalized spacial score (nSPS) is 17.3. The lowest BCUT2D eigenvalue weighted by atomic mass is 10.1. The summed E-state index contributed by atoms with van der Waals surface area (Å²) in [5.41, 5.74) is 2.86. The van der Waals surface area contributed by atoms with Gasteiger partial charge in [-0.2, -0.15) is 0 Å². The predicted molar refractivity (Wildman–Crippen MR) is 101 cm³/mol. The number of rotatable bonds is 3. The van der Waals surface area contributed by atoms with Gasteiger partial charge in [-0.05, 0) is 24.6 Å². The van der Waals surface area contributed by atoms with Gasteiger partial charge in [-0.15, -0.1) is 11.3 Å². The third-order valence-electron chi connectivity index (χ3n) is 4.44. The second-order valence-corrected chi connectivity index (χ2v) is 7.19. The first-order valence-electron chi connectivity index (χ1n) is 8.56. The van der Waals surface area contributed by atoms with Gasteiger partial charge in [0.15, 0.2) is 0 Å². The highest BCUT2D eigenvalue weighted by Crippen LogP contribution is 2.30. The van der Waals surface area contributed by atoms with Crippen LogP contribution in [0.3, 0.4) is 0 Å². The molecule has 3 heterocycles. The van der Waals surface area contributed by atoms with E-state index in [1.54, 1.807) is 12.4 Å². The number of hydrogen-bond acceptors (Lipinski definition) is 5. The van der Waals surface area contributed by atoms with E-state index in [0.717, 1.165) is 21.8 Å². The average Bonchev–Trinajstić information content (AvgIpc) is 3.10. The SMILES string of the molecule is Cc1nc(-c2ccncc2)sc1C(=O)N1CCO[C@@H](c2ccccc2)C1. The van der Waals surface area contributed by atoms with Crippen LogP contribution in [0, 0.1) is 6.92 Å².